The normalized spacial score (nSPS) is 10.2. The van der Waals surface area contributed by atoms with E-state index in [4.69, 9.17) is 17.2 Å². The van der Waals surface area contributed by atoms with Gasteiger partial charge in [0.1, 0.15) is 0 Å². The lowest BCUT2D eigenvalue weighted by Gasteiger charge is -2.04. The Morgan fingerprint density at radius 3 is 2.29 bits per heavy atom. The van der Waals surface area contributed by atoms with Crippen molar-refractivity contribution in [1.82, 2.24) is 15.0 Å². The second-order valence-electron chi connectivity index (χ2n) is 3.52. The Balaban J connectivity index is 2.39. The van der Waals surface area contributed by atoms with Crippen LogP contribution in [0.2, 0.25) is 0 Å². The van der Waals surface area contributed by atoms with E-state index in [1.165, 1.54) is 0 Å². The van der Waals surface area contributed by atoms with Crippen molar-refractivity contribution < 1.29 is 4.79 Å². The molecule has 8 heteroatoms. The van der Waals surface area contributed by atoms with Crippen LogP contribution in [0.5, 0.6) is 0 Å². The van der Waals surface area contributed by atoms with Crippen LogP contribution < -0.4 is 22.5 Å². The average molecular weight is 239 g/mol. The lowest BCUT2D eigenvalue weighted by atomic mass is 10.2. The van der Waals surface area contributed by atoms with Crippen LogP contribution in [0.25, 0.3) is 0 Å². The Morgan fingerprint density at radius 2 is 1.71 bits per heavy atom. The molecule has 1 rings (SSSR count). The molecule has 0 aliphatic carbocycles. The second kappa shape index (κ2) is 6.59. The van der Waals surface area contributed by atoms with Crippen molar-refractivity contribution >= 4 is 23.8 Å². The van der Waals surface area contributed by atoms with Crippen molar-refractivity contribution in [3.63, 3.8) is 0 Å². The minimum absolute atomic E-state index is 0.0177. The lowest BCUT2D eigenvalue weighted by Crippen LogP contribution is -2.16. The highest BCUT2D eigenvalue weighted by Gasteiger charge is 2.06. The second-order valence-corrected chi connectivity index (χ2v) is 3.52. The van der Waals surface area contributed by atoms with E-state index in [0.29, 0.717) is 13.0 Å². The van der Waals surface area contributed by atoms with Gasteiger partial charge in [0.25, 0.3) is 0 Å². The van der Waals surface area contributed by atoms with Gasteiger partial charge in [-0.05, 0) is 19.4 Å². The molecule has 0 fully saturated rings. The summed E-state index contributed by atoms with van der Waals surface area (Å²) < 4.78 is 0. The zero-order valence-electron chi connectivity index (χ0n) is 9.52. The molecule has 0 spiro atoms. The summed E-state index contributed by atoms with van der Waals surface area (Å²) in [5.41, 5.74) is 16.1. The van der Waals surface area contributed by atoms with Gasteiger partial charge in [-0.2, -0.15) is 15.0 Å². The molecule has 0 atom stereocenters. The number of nitrogens with two attached hydrogens (primary N) is 3. The van der Waals surface area contributed by atoms with E-state index < -0.39 is 0 Å². The van der Waals surface area contributed by atoms with Gasteiger partial charge in [0, 0.05) is 6.42 Å². The molecule has 0 saturated carbocycles. The fourth-order valence-corrected chi connectivity index (χ4v) is 1.26. The largest absolute Gasteiger partial charge is 0.368 e. The number of hydrogen-bond donors (Lipinski definition) is 4. The molecule has 1 aromatic rings. The molecule has 94 valence electrons. The maximum atomic E-state index is 11.5. The number of aromatic nitrogens is 3. The Morgan fingerprint density at radius 1 is 1.06 bits per heavy atom. The van der Waals surface area contributed by atoms with Gasteiger partial charge in [-0.25, -0.2) is 0 Å². The number of hydrogen-bond acceptors (Lipinski definition) is 7. The summed E-state index contributed by atoms with van der Waals surface area (Å²) in [7, 11) is 0. The number of nitrogens with one attached hydrogen (secondary N) is 1. The Bertz CT molecular complexity index is 361. The minimum atomic E-state index is -0.174. The number of carbonyl (C=O) groups is 1. The van der Waals surface area contributed by atoms with Gasteiger partial charge < -0.3 is 17.2 Å². The quantitative estimate of drug-likeness (QED) is 0.489. The maximum absolute atomic E-state index is 11.5. The fraction of sp³-hybridized carbons (Fsp3) is 0.556. The van der Waals surface area contributed by atoms with Gasteiger partial charge >= 0.3 is 0 Å². The first-order valence-electron chi connectivity index (χ1n) is 5.38. The van der Waals surface area contributed by atoms with Gasteiger partial charge in [0.15, 0.2) is 0 Å². The molecule has 8 nitrogen and oxygen atoms in total. The summed E-state index contributed by atoms with van der Waals surface area (Å²) in [6.45, 7) is 0.641. The zero-order valence-corrected chi connectivity index (χ0v) is 9.52. The van der Waals surface area contributed by atoms with Gasteiger partial charge in [-0.1, -0.05) is 6.42 Å². The number of nitrogens with zero attached hydrogens (tertiary/aromatic N) is 3. The molecule has 1 heterocycles. The summed E-state index contributed by atoms with van der Waals surface area (Å²) in [6.07, 6.45) is 3.01. The predicted molar refractivity (Wildman–Crippen MR) is 64.8 cm³/mol. The molecule has 0 aliphatic heterocycles. The van der Waals surface area contributed by atoms with E-state index in [9.17, 15) is 4.79 Å². The molecule has 1 aromatic heterocycles. The van der Waals surface area contributed by atoms with Crippen LogP contribution in [0.15, 0.2) is 0 Å². The third-order valence-electron chi connectivity index (χ3n) is 2.03. The molecule has 0 radical (unpaired) electrons. The van der Waals surface area contributed by atoms with E-state index >= 15 is 0 Å². The first-order chi connectivity index (χ1) is 8.11. The average Bonchev–Trinajstić information content (AvgIpc) is 2.23. The van der Waals surface area contributed by atoms with Crippen molar-refractivity contribution in [2.75, 3.05) is 23.3 Å². The summed E-state index contributed by atoms with van der Waals surface area (Å²) in [6, 6.07) is 0. The number of amides is 1. The predicted octanol–water partition coefficient (Wildman–Crippen LogP) is -0.506. The van der Waals surface area contributed by atoms with Crippen molar-refractivity contribution in [2.45, 2.75) is 25.7 Å². The van der Waals surface area contributed by atoms with E-state index in [1.807, 2.05) is 0 Å². The molecule has 0 aromatic carbocycles. The smallest absolute Gasteiger partial charge is 0.236 e. The van der Waals surface area contributed by atoms with E-state index in [-0.39, 0.29) is 23.8 Å². The number of carbonyl (C=O) groups excluding carboxylic acids is 1. The van der Waals surface area contributed by atoms with Crippen LogP contribution in [0.3, 0.4) is 0 Å². The van der Waals surface area contributed by atoms with Crippen molar-refractivity contribution in [3.8, 4) is 0 Å². The van der Waals surface area contributed by atoms with Crippen molar-refractivity contribution in [1.29, 1.82) is 0 Å². The topological polar surface area (TPSA) is 146 Å². The number of anilines is 3. The number of rotatable bonds is 6. The van der Waals surface area contributed by atoms with Crippen LogP contribution >= 0.6 is 0 Å². The molecule has 1 amide bonds. The molecular weight excluding hydrogens is 222 g/mol. The fourth-order valence-electron chi connectivity index (χ4n) is 1.26. The van der Waals surface area contributed by atoms with E-state index in [0.717, 1.165) is 19.3 Å². The number of unbranched alkanes of at least 4 members (excludes halogenated alkanes) is 2. The summed E-state index contributed by atoms with van der Waals surface area (Å²) in [5, 5.41) is 2.51. The molecular formula is C9H17N7O. The van der Waals surface area contributed by atoms with Gasteiger partial charge in [0.05, 0.1) is 0 Å². The molecule has 17 heavy (non-hydrogen) atoms. The van der Waals surface area contributed by atoms with Crippen molar-refractivity contribution in [3.05, 3.63) is 0 Å². The van der Waals surface area contributed by atoms with Gasteiger partial charge in [0.2, 0.25) is 23.8 Å². The molecule has 0 unspecified atom stereocenters. The highest BCUT2D eigenvalue weighted by molar-refractivity contribution is 5.89. The third kappa shape index (κ3) is 5.07. The van der Waals surface area contributed by atoms with Crippen LogP contribution in [-0.4, -0.2) is 27.4 Å². The van der Waals surface area contributed by atoms with Gasteiger partial charge in [-0.15, -0.1) is 0 Å². The zero-order chi connectivity index (χ0) is 12.7. The van der Waals surface area contributed by atoms with Crippen LogP contribution in [0.4, 0.5) is 17.8 Å². The first kappa shape index (κ1) is 13.1. The van der Waals surface area contributed by atoms with Crippen LogP contribution in [0, 0.1) is 0 Å². The maximum Gasteiger partial charge on any atom is 0.236 e. The number of nitrogen functional groups attached to an aromatic ring is 2. The summed E-state index contributed by atoms with van der Waals surface area (Å²) in [4.78, 5) is 22.6. The Hall–Kier alpha value is -1.96. The van der Waals surface area contributed by atoms with E-state index in [1.54, 1.807) is 0 Å². The monoisotopic (exact) mass is 239 g/mol. The van der Waals surface area contributed by atoms with Crippen LogP contribution in [-0.2, 0) is 4.79 Å². The van der Waals surface area contributed by atoms with Crippen LogP contribution in [0.1, 0.15) is 25.7 Å². The van der Waals surface area contributed by atoms with Crippen molar-refractivity contribution in [2.24, 2.45) is 5.73 Å². The third-order valence-corrected chi connectivity index (χ3v) is 2.03. The highest BCUT2D eigenvalue weighted by atomic mass is 16.1. The lowest BCUT2D eigenvalue weighted by molar-refractivity contribution is -0.116. The van der Waals surface area contributed by atoms with E-state index in [2.05, 4.69) is 20.3 Å². The molecule has 0 saturated heterocycles. The highest BCUT2D eigenvalue weighted by Crippen LogP contribution is 2.05. The summed E-state index contributed by atoms with van der Waals surface area (Å²) >= 11 is 0. The van der Waals surface area contributed by atoms with Gasteiger partial charge in [-0.3, -0.25) is 10.1 Å². The SMILES string of the molecule is NCCCCCC(=O)Nc1nc(N)nc(N)n1. The Kier molecular flexibility index (Phi) is 5.08. The molecule has 7 N–H and O–H groups in total. The first-order valence-corrected chi connectivity index (χ1v) is 5.38. The summed E-state index contributed by atoms with van der Waals surface area (Å²) in [5.74, 6) is -0.127. The minimum Gasteiger partial charge on any atom is -0.368 e. The Labute approximate surface area is 99.0 Å². The molecule has 0 aliphatic rings. The standard InChI is InChI=1S/C9H17N7O/c10-5-3-1-2-4-6(17)13-9-15-7(11)14-8(12)16-9/h1-5,10H2,(H5,11,12,13,14,15,16,17). The molecule has 0 bridgehead atoms.